The zero-order valence-corrected chi connectivity index (χ0v) is 15.0. The van der Waals surface area contributed by atoms with E-state index < -0.39 is 25.8 Å². The summed E-state index contributed by atoms with van der Waals surface area (Å²) >= 11 is 3.28. The molecule has 7 heteroatoms. The fourth-order valence-corrected chi connectivity index (χ4v) is 3.54. The van der Waals surface area contributed by atoms with E-state index in [0.29, 0.717) is 12.3 Å². The monoisotopic (exact) mass is 379 g/mol. The van der Waals surface area contributed by atoms with Crippen LogP contribution in [0.25, 0.3) is 0 Å². The molecule has 3 nitrogen and oxygen atoms in total. The van der Waals surface area contributed by atoms with Crippen LogP contribution in [0.5, 0.6) is 0 Å². The Morgan fingerprint density at radius 3 is 2.76 bits per heavy atom. The topological polar surface area (TPSA) is 29.5 Å². The Hall–Kier alpha value is -0.533. The van der Waals surface area contributed by atoms with Crippen LogP contribution in [0.2, 0.25) is 25.7 Å². The summed E-state index contributed by atoms with van der Waals surface area (Å²) in [5.41, 5.74) is 0.354. The van der Waals surface area contributed by atoms with Crippen molar-refractivity contribution in [2.75, 3.05) is 13.3 Å². The van der Waals surface area contributed by atoms with Gasteiger partial charge in [0.1, 0.15) is 6.73 Å². The minimum Gasteiger partial charge on any atom is -0.361 e. The number of halogens is 3. The molecular formula is C14H20BrF2NO2Si. The molecule has 1 fully saturated rings. The second-order valence-corrected chi connectivity index (χ2v) is 13.2. The molecule has 0 spiro atoms. The zero-order chi connectivity index (χ0) is 15.8. The summed E-state index contributed by atoms with van der Waals surface area (Å²) in [7, 11) is -1.23. The van der Waals surface area contributed by atoms with E-state index in [1.807, 2.05) is 0 Å². The van der Waals surface area contributed by atoms with Crippen molar-refractivity contribution in [3.63, 3.8) is 0 Å². The summed E-state index contributed by atoms with van der Waals surface area (Å²) in [5.74, 6) is -5.55. The van der Waals surface area contributed by atoms with Crippen LogP contribution >= 0.6 is 15.9 Å². The number of allylic oxidation sites excluding steroid dienone is 4. The highest BCUT2D eigenvalue weighted by Crippen LogP contribution is 2.46. The number of likely N-dealkylation sites (tertiary alicyclic amines) is 1. The maximum atomic E-state index is 14.0. The Morgan fingerprint density at radius 2 is 2.14 bits per heavy atom. The van der Waals surface area contributed by atoms with Gasteiger partial charge >= 0.3 is 5.92 Å². The number of hydrogen-bond donors (Lipinski definition) is 0. The minimum absolute atomic E-state index is 0.0957. The lowest BCUT2D eigenvalue weighted by Gasteiger charge is -2.22. The first-order valence-corrected chi connectivity index (χ1v) is 11.5. The average Bonchev–Trinajstić information content (AvgIpc) is 2.53. The normalized spacial score (nSPS) is 24.8. The van der Waals surface area contributed by atoms with E-state index in [4.69, 9.17) is 4.74 Å². The van der Waals surface area contributed by atoms with E-state index in [0.717, 1.165) is 15.4 Å². The molecule has 0 aromatic heterocycles. The Kier molecular flexibility index (Phi) is 4.75. The summed E-state index contributed by atoms with van der Waals surface area (Å²) in [6.45, 7) is 7.05. The molecular weight excluding hydrogens is 360 g/mol. The lowest BCUT2D eigenvalue weighted by molar-refractivity contribution is -0.154. The molecule has 118 valence electrons. The van der Waals surface area contributed by atoms with Crippen LogP contribution in [-0.2, 0) is 9.53 Å². The van der Waals surface area contributed by atoms with E-state index in [2.05, 4.69) is 35.6 Å². The van der Waals surface area contributed by atoms with Gasteiger partial charge in [0.2, 0.25) is 0 Å². The van der Waals surface area contributed by atoms with Gasteiger partial charge in [-0.1, -0.05) is 41.6 Å². The average molecular weight is 380 g/mol. The standard InChI is InChI=1S/C14H20BrF2NO2Si/c1-21(2,3)7-6-20-9-18-12-8-10(15)4-5-11(12)14(16,17)13(18)19/h4,8,11H,5-7,9H2,1-3H3. The molecule has 0 N–H and O–H groups in total. The highest BCUT2D eigenvalue weighted by molar-refractivity contribution is 9.11. The fourth-order valence-electron chi connectivity index (χ4n) is 2.37. The molecule has 0 saturated carbocycles. The van der Waals surface area contributed by atoms with Gasteiger partial charge < -0.3 is 4.74 Å². The Bertz CT molecular complexity index is 500. The van der Waals surface area contributed by atoms with Crippen molar-refractivity contribution in [3.8, 4) is 0 Å². The van der Waals surface area contributed by atoms with E-state index in [9.17, 15) is 13.6 Å². The van der Waals surface area contributed by atoms with Crippen molar-refractivity contribution < 1.29 is 18.3 Å². The van der Waals surface area contributed by atoms with Crippen LogP contribution in [-0.4, -0.2) is 38.1 Å². The van der Waals surface area contributed by atoms with Gasteiger partial charge in [0.25, 0.3) is 5.91 Å². The summed E-state index contributed by atoms with van der Waals surface area (Å²) in [5, 5.41) is 0. The van der Waals surface area contributed by atoms with Gasteiger partial charge in [-0.3, -0.25) is 9.69 Å². The third-order valence-electron chi connectivity index (χ3n) is 3.69. The molecule has 0 aromatic carbocycles. The minimum atomic E-state index is -3.34. The number of amides is 1. The number of carbonyl (C=O) groups excluding carboxylic acids is 1. The van der Waals surface area contributed by atoms with Crippen molar-refractivity contribution in [1.29, 1.82) is 0 Å². The molecule has 0 aromatic rings. The second kappa shape index (κ2) is 5.93. The molecule has 2 rings (SSSR count). The first-order valence-electron chi connectivity index (χ1n) is 6.98. The molecule has 1 heterocycles. The first-order chi connectivity index (χ1) is 9.63. The van der Waals surface area contributed by atoms with Gasteiger partial charge in [-0.2, -0.15) is 8.78 Å². The number of nitrogens with zero attached hydrogens (tertiary/aromatic N) is 1. The predicted octanol–water partition coefficient (Wildman–Crippen LogP) is 3.96. The highest BCUT2D eigenvalue weighted by atomic mass is 79.9. The van der Waals surface area contributed by atoms with Gasteiger partial charge in [0, 0.05) is 24.9 Å². The molecule has 2 aliphatic rings. The molecule has 1 aliphatic carbocycles. The molecule has 1 aliphatic heterocycles. The van der Waals surface area contributed by atoms with Crippen molar-refractivity contribution in [2.24, 2.45) is 5.92 Å². The highest BCUT2D eigenvalue weighted by Gasteiger charge is 2.59. The van der Waals surface area contributed by atoms with Gasteiger partial charge in [-0.05, 0) is 18.5 Å². The molecule has 0 radical (unpaired) electrons. The summed E-state index contributed by atoms with van der Waals surface area (Å²) in [4.78, 5) is 13.0. The second-order valence-electron chi connectivity index (χ2n) is 6.65. The molecule has 0 bridgehead atoms. The van der Waals surface area contributed by atoms with E-state index in [1.54, 1.807) is 12.2 Å². The van der Waals surface area contributed by atoms with Crippen LogP contribution in [0.3, 0.4) is 0 Å². The smallest absolute Gasteiger partial charge is 0.333 e. The van der Waals surface area contributed by atoms with Crippen molar-refractivity contribution >= 4 is 29.9 Å². The summed E-state index contributed by atoms with van der Waals surface area (Å²) in [6, 6.07) is 0.942. The van der Waals surface area contributed by atoms with Crippen LogP contribution < -0.4 is 0 Å². The number of hydrogen-bond acceptors (Lipinski definition) is 2. The summed E-state index contributed by atoms with van der Waals surface area (Å²) < 4.78 is 34.2. The zero-order valence-electron chi connectivity index (χ0n) is 12.5. The number of rotatable bonds is 5. The molecule has 1 unspecified atom stereocenters. The van der Waals surface area contributed by atoms with Crippen LogP contribution in [0.15, 0.2) is 22.3 Å². The van der Waals surface area contributed by atoms with Crippen LogP contribution in [0.1, 0.15) is 6.42 Å². The Morgan fingerprint density at radius 1 is 1.48 bits per heavy atom. The first kappa shape index (κ1) is 16.8. The Balaban J connectivity index is 2.04. The SMILES string of the molecule is C[Si](C)(C)CCOCN1C(=O)C(F)(F)C2CC=C(Br)C=C21. The quantitative estimate of drug-likeness (QED) is 0.534. The maximum Gasteiger partial charge on any atom is 0.333 e. The number of ether oxygens (including phenoxy) is 1. The van der Waals surface area contributed by atoms with E-state index in [-0.39, 0.29) is 13.2 Å². The molecule has 21 heavy (non-hydrogen) atoms. The number of carbonyl (C=O) groups is 1. The number of fused-ring (bicyclic) bond motifs is 1. The van der Waals surface area contributed by atoms with E-state index >= 15 is 0 Å². The van der Waals surface area contributed by atoms with Crippen LogP contribution in [0, 0.1) is 5.92 Å². The lowest BCUT2D eigenvalue weighted by Crippen LogP contribution is -2.36. The summed E-state index contributed by atoms with van der Waals surface area (Å²) in [6.07, 6.45) is 3.43. The van der Waals surface area contributed by atoms with Gasteiger partial charge in [-0.15, -0.1) is 0 Å². The predicted molar refractivity (Wildman–Crippen MR) is 84.0 cm³/mol. The van der Waals surface area contributed by atoms with Crippen molar-refractivity contribution in [2.45, 2.75) is 38.0 Å². The lowest BCUT2D eigenvalue weighted by atomic mass is 9.94. The van der Waals surface area contributed by atoms with Crippen LogP contribution in [0.4, 0.5) is 8.78 Å². The largest absolute Gasteiger partial charge is 0.361 e. The number of alkyl halides is 2. The van der Waals surface area contributed by atoms with Gasteiger partial charge in [-0.25, -0.2) is 0 Å². The third-order valence-corrected chi connectivity index (χ3v) is 5.94. The fraction of sp³-hybridized carbons (Fsp3) is 0.643. The van der Waals surface area contributed by atoms with E-state index in [1.165, 1.54) is 0 Å². The van der Waals surface area contributed by atoms with Gasteiger partial charge in [0.05, 0.1) is 5.92 Å². The molecule has 1 atom stereocenters. The molecule has 1 amide bonds. The molecule has 1 saturated heterocycles. The maximum absolute atomic E-state index is 14.0. The van der Waals surface area contributed by atoms with Crippen molar-refractivity contribution in [3.05, 3.63) is 22.3 Å². The van der Waals surface area contributed by atoms with Gasteiger partial charge in [0.15, 0.2) is 0 Å². The third kappa shape index (κ3) is 3.63. The Labute approximate surface area is 133 Å². The van der Waals surface area contributed by atoms with Crippen molar-refractivity contribution in [1.82, 2.24) is 4.90 Å².